The van der Waals surface area contributed by atoms with E-state index in [1.807, 2.05) is 6.07 Å². The fourth-order valence-corrected chi connectivity index (χ4v) is 3.78. The molecule has 0 radical (unpaired) electrons. The molecule has 30 heavy (non-hydrogen) atoms. The molecule has 1 amide bonds. The van der Waals surface area contributed by atoms with Gasteiger partial charge >= 0.3 is 0 Å². The van der Waals surface area contributed by atoms with E-state index in [0.717, 1.165) is 10.8 Å². The Bertz CT molecular complexity index is 1350. The van der Waals surface area contributed by atoms with Gasteiger partial charge in [-0.2, -0.15) is 0 Å². The molecule has 3 N–H and O–H groups in total. The van der Waals surface area contributed by atoms with Gasteiger partial charge in [0.2, 0.25) is 11.8 Å². The zero-order chi connectivity index (χ0) is 21.0. The minimum atomic E-state index is -0.702. The predicted octanol–water partition coefficient (Wildman–Crippen LogP) is 3.20. The van der Waals surface area contributed by atoms with Crippen LogP contribution in [0, 0.1) is 0 Å². The molecule has 0 spiro atoms. The second-order valence-corrected chi connectivity index (χ2v) is 7.59. The van der Waals surface area contributed by atoms with Crippen LogP contribution in [-0.4, -0.2) is 33.7 Å². The van der Waals surface area contributed by atoms with Crippen molar-refractivity contribution in [3.05, 3.63) is 47.9 Å². The van der Waals surface area contributed by atoms with E-state index in [1.165, 1.54) is 6.92 Å². The lowest BCUT2D eigenvalue weighted by Crippen LogP contribution is -2.29. The van der Waals surface area contributed by atoms with Gasteiger partial charge in [0.1, 0.15) is 11.3 Å². The van der Waals surface area contributed by atoms with Crippen LogP contribution in [0.5, 0.6) is 0 Å². The number of pyridine rings is 2. The van der Waals surface area contributed by atoms with Crippen LogP contribution >= 0.6 is 0 Å². The maximum absolute atomic E-state index is 12.0. The molecule has 1 fully saturated rings. The number of nitrogens with two attached hydrogens (primary N) is 1. The first-order valence-electron chi connectivity index (χ1n) is 9.62. The Balaban J connectivity index is 1.73. The third-order valence-corrected chi connectivity index (χ3v) is 5.75. The largest absolute Gasteiger partial charge is 0.436 e. The number of carbonyl (C=O) groups excluding carboxylic acids is 2. The molecule has 0 aliphatic heterocycles. The summed E-state index contributed by atoms with van der Waals surface area (Å²) in [4.78, 5) is 37.2. The van der Waals surface area contributed by atoms with Gasteiger partial charge in [-0.05, 0) is 44.0 Å². The maximum atomic E-state index is 12.0. The summed E-state index contributed by atoms with van der Waals surface area (Å²) >= 11 is 0. The quantitative estimate of drug-likeness (QED) is 0.492. The molecule has 4 aromatic rings. The molecular formula is C22H19N5O3. The number of anilines is 1. The average Bonchev–Trinajstić information content (AvgIpc) is 3.45. The molecule has 1 aliphatic carbocycles. The number of nitrogens with zero attached hydrogens (tertiary/aromatic N) is 3. The molecule has 3 aromatic heterocycles. The van der Waals surface area contributed by atoms with E-state index in [-0.39, 0.29) is 11.7 Å². The Labute approximate surface area is 171 Å². The molecule has 8 heteroatoms. The lowest BCUT2D eigenvalue weighted by molar-refractivity contribution is -0.120. The Kier molecular flexibility index (Phi) is 3.86. The van der Waals surface area contributed by atoms with Crippen molar-refractivity contribution in [2.45, 2.75) is 25.2 Å². The van der Waals surface area contributed by atoms with E-state index in [0.29, 0.717) is 52.5 Å². The summed E-state index contributed by atoms with van der Waals surface area (Å²) in [7, 11) is 1.78. The van der Waals surface area contributed by atoms with E-state index in [2.05, 4.69) is 20.3 Å². The topological polar surface area (TPSA) is 124 Å². The fourth-order valence-electron chi connectivity index (χ4n) is 3.78. The Morgan fingerprint density at radius 1 is 1.13 bits per heavy atom. The van der Waals surface area contributed by atoms with Gasteiger partial charge in [0.25, 0.3) is 0 Å². The van der Waals surface area contributed by atoms with Crippen molar-refractivity contribution in [2.75, 3.05) is 12.4 Å². The number of primary amides is 1. The highest BCUT2D eigenvalue weighted by atomic mass is 16.3. The molecule has 3 heterocycles. The molecule has 0 bridgehead atoms. The first-order valence-corrected chi connectivity index (χ1v) is 9.62. The molecule has 0 atom stereocenters. The van der Waals surface area contributed by atoms with Crippen LogP contribution in [0.25, 0.3) is 33.3 Å². The van der Waals surface area contributed by atoms with Crippen molar-refractivity contribution < 1.29 is 14.0 Å². The molecule has 1 saturated carbocycles. The van der Waals surface area contributed by atoms with Crippen molar-refractivity contribution in [3.8, 4) is 11.5 Å². The second kappa shape index (κ2) is 6.35. The number of nitrogens with one attached hydrogen (secondary N) is 1. The third kappa shape index (κ3) is 2.64. The monoisotopic (exact) mass is 401 g/mol. The Hall–Kier alpha value is -3.81. The van der Waals surface area contributed by atoms with Crippen LogP contribution in [0.3, 0.4) is 0 Å². The Morgan fingerprint density at radius 3 is 2.60 bits per heavy atom. The smallest absolute Gasteiger partial charge is 0.229 e. The van der Waals surface area contributed by atoms with Crippen molar-refractivity contribution in [1.82, 2.24) is 15.0 Å². The zero-order valence-electron chi connectivity index (χ0n) is 16.5. The summed E-state index contributed by atoms with van der Waals surface area (Å²) in [5, 5.41) is 4.65. The standard InChI is InChI=1S/C22H19N5O3/c1-11(28)12-3-4-17-16(7-12)27-20(30-17)15-10-26-19(24-2)14-9-25-18(8-13(14)15)22(5-6-22)21(23)29/h3-4,7-10H,5-6H2,1-2H3,(H2,23,29)(H,24,26). The van der Waals surface area contributed by atoms with Crippen molar-refractivity contribution >= 4 is 39.4 Å². The molecule has 0 saturated heterocycles. The van der Waals surface area contributed by atoms with Gasteiger partial charge in [-0.15, -0.1) is 0 Å². The lowest BCUT2D eigenvalue weighted by atomic mass is 9.98. The number of hydrogen-bond acceptors (Lipinski definition) is 7. The third-order valence-electron chi connectivity index (χ3n) is 5.75. The van der Waals surface area contributed by atoms with E-state index in [4.69, 9.17) is 10.2 Å². The molecule has 150 valence electrons. The molecular weight excluding hydrogens is 382 g/mol. The highest BCUT2D eigenvalue weighted by Crippen LogP contribution is 2.48. The molecule has 1 aromatic carbocycles. The van der Waals surface area contributed by atoms with Gasteiger partial charge in [-0.1, -0.05) is 0 Å². The van der Waals surface area contributed by atoms with Crippen LogP contribution < -0.4 is 11.1 Å². The van der Waals surface area contributed by atoms with Crippen LogP contribution in [0.1, 0.15) is 35.8 Å². The average molecular weight is 401 g/mol. The van der Waals surface area contributed by atoms with E-state index < -0.39 is 5.41 Å². The predicted molar refractivity (Wildman–Crippen MR) is 112 cm³/mol. The second-order valence-electron chi connectivity index (χ2n) is 7.59. The van der Waals surface area contributed by atoms with Crippen LogP contribution in [0.4, 0.5) is 5.82 Å². The SMILES string of the molecule is CNc1ncc(-c2nc3cc(C(C)=O)ccc3o2)c2cc(C3(C(N)=O)CC3)ncc12. The number of oxazole rings is 1. The minimum Gasteiger partial charge on any atom is -0.436 e. The summed E-state index contributed by atoms with van der Waals surface area (Å²) in [5.41, 5.74) is 7.99. The molecule has 8 nitrogen and oxygen atoms in total. The summed E-state index contributed by atoms with van der Waals surface area (Å²) in [6.07, 6.45) is 4.76. The number of carbonyl (C=O) groups is 2. The number of fused-ring (bicyclic) bond motifs is 2. The highest BCUT2D eigenvalue weighted by molar-refractivity contribution is 6.02. The summed E-state index contributed by atoms with van der Waals surface area (Å²) in [5.74, 6) is 0.639. The van der Waals surface area contributed by atoms with Crippen LogP contribution in [-0.2, 0) is 10.2 Å². The van der Waals surface area contributed by atoms with E-state index in [9.17, 15) is 9.59 Å². The highest BCUT2D eigenvalue weighted by Gasteiger charge is 2.51. The first-order chi connectivity index (χ1) is 14.4. The summed E-state index contributed by atoms with van der Waals surface area (Å²) < 4.78 is 5.96. The van der Waals surface area contributed by atoms with Crippen LogP contribution in [0.15, 0.2) is 41.1 Å². The van der Waals surface area contributed by atoms with Gasteiger partial charge < -0.3 is 15.5 Å². The molecule has 5 rings (SSSR count). The summed E-state index contributed by atoms with van der Waals surface area (Å²) in [6, 6.07) is 7.04. The van der Waals surface area contributed by atoms with Crippen LogP contribution in [0.2, 0.25) is 0 Å². The van der Waals surface area contributed by atoms with E-state index in [1.54, 1.807) is 37.6 Å². The van der Waals surface area contributed by atoms with Crippen molar-refractivity contribution in [1.29, 1.82) is 0 Å². The van der Waals surface area contributed by atoms with Crippen molar-refractivity contribution in [3.63, 3.8) is 0 Å². The minimum absolute atomic E-state index is 0.0381. The number of hydrogen-bond donors (Lipinski definition) is 2. The number of ketones is 1. The van der Waals surface area contributed by atoms with Gasteiger partial charge in [-0.25, -0.2) is 9.97 Å². The first kappa shape index (κ1) is 18.2. The van der Waals surface area contributed by atoms with Gasteiger partial charge in [0.15, 0.2) is 11.4 Å². The number of rotatable bonds is 5. The Morgan fingerprint density at radius 2 is 1.93 bits per heavy atom. The normalized spacial score (nSPS) is 14.7. The number of aromatic nitrogens is 3. The molecule has 1 aliphatic rings. The maximum Gasteiger partial charge on any atom is 0.229 e. The van der Waals surface area contributed by atoms with Gasteiger partial charge in [-0.3, -0.25) is 14.6 Å². The number of amides is 1. The lowest BCUT2D eigenvalue weighted by Gasteiger charge is -2.13. The number of Topliss-reactive ketones (excluding diaryl/α,β-unsaturated/α-hetero) is 1. The van der Waals surface area contributed by atoms with E-state index >= 15 is 0 Å². The van der Waals surface area contributed by atoms with Crippen molar-refractivity contribution in [2.24, 2.45) is 5.73 Å². The number of benzene rings is 1. The molecule has 0 unspecified atom stereocenters. The summed E-state index contributed by atoms with van der Waals surface area (Å²) in [6.45, 7) is 1.51. The van der Waals surface area contributed by atoms with Gasteiger partial charge in [0.05, 0.1) is 16.7 Å². The fraction of sp³-hybridized carbons (Fsp3) is 0.227. The van der Waals surface area contributed by atoms with Gasteiger partial charge in [0, 0.05) is 35.8 Å². The zero-order valence-corrected chi connectivity index (χ0v) is 16.5.